The molecule has 3 rings (SSSR count). The summed E-state index contributed by atoms with van der Waals surface area (Å²) in [5.74, 6) is 0.441. The van der Waals surface area contributed by atoms with E-state index in [-0.39, 0.29) is 11.8 Å². The van der Waals surface area contributed by atoms with Gasteiger partial charge in [-0.2, -0.15) is 0 Å². The van der Waals surface area contributed by atoms with Crippen LogP contribution in [0.5, 0.6) is 0 Å². The topological polar surface area (TPSA) is 47.4 Å². The number of fused-ring (bicyclic) bond motifs is 1. The van der Waals surface area contributed by atoms with Crippen molar-refractivity contribution in [1.29, 1.82) is 0 Å². The highest BCUT2D eigenvalue weighted by molar-refractivity contribution is 5.79. The first-order valence-electron chi connectivity index (χ1n) is 8.13. The van der Waals surface area contributed by atoms with Crippen molar-refractivity contribution in [2.24, 2.45) is 7.05 Å². The highest BCUT2D eigenvalue weighted by atomic mass is 16.5. The normalized spacial score (nSPS) is 21.5. The van der Waals surface area contributed by atoms with Crippen LogP contribution in [0.25, 0.3) is 0 Å². The summed E-state index contributed by atoms with van der Waals surface area (Å²) >= 11 is 0. The first kappa shape index (κ1) is 15.3. The van der Waals surface area contributed by atoms with Crippen molar-refractivity contribution < 1.29 is 9.53 Å². The van der Waals surface area contributed by atoms with Gasteiger partial charge >= 0.3 is 0 Å². The SMILES string of the molecule is COC[C@H]1CN(C(=O)CC2=CCCCC2)Cc2ncn(C)c21. The van der Waals surface area contributed by atoms with E-state index in [9.17, 15) is 4.79 Å². The predicted octanol–water partition coefficient (Wildman–Crippen LogP) is 2.38. The molecule has 1 amide bonds. The van der Waals surface area contributed by atoms with E-state index in [1.807, 2.05) is 18.3 Å². The van der Waals surface area contributed by atoms with Gasteiger partial charge in [0.15, 0.2) is 0 Å². The van der Waals surface area contributed by atoms with E-state index in [1.54, 1.807) is 7.11 Å². The Labute approximate surface area is 132 Å². The first-order chi connectivity index (χ1) is 10.7. The van der Waals surface area contributed by atoms with Gasteiger partial charge in [-0.15, -0.1) is 0 Å². The number of methoxy groups -OCH3 is 1. The fraction of sp³-hybridized carbons (Fsp3) is 0.647. The van der Waals surface area contributed by atoms with Gasteiger partial charge in [-0.25, -0.2) is 4.98 Å². The van der Waals surface area contributed by atoms with Gasteiger partial charge in [0.1, 0.15) is 0 Å². The molecular weight excluding hydrogens is 278 g/mol. The molecule has 2 heterocycles. The summed E-state index contributed by atoms with van der Waals surface area (Å²) in [7, 11) is 3.72. The van der Waals surface area contributed by atoms with Crippen molar-refractivity contribution in [1.82, 2.24) is 14.5 Å². The van der Waals surface area contributed by atoms with Gasteiger partial charge in [0, 0.05) is 38.7 Å². The minimum absolute atomic E-state index is 0.213. The van der Waals surface area contributed by atoms with E-state index in [1.165, 1.54) is 24.1 Å². The standard InChI is InChI=1S/C17H25N3O2/c1-19-12-18-15-10-20(9-14(11-22-2)17(15)19)16(21)8-13-6-4-3-5-7-13/h6,12,14H,3-5,7-11H2,1-2H3/t14-/m1/s1. The summed E-state index contributed by atoms with van der Waals surface area (Å²) in [5.41, 5.74) is 3.54. The fourth-order valence-electron chi connectivity index (χ4n) is 3.63. The number of nitrogens with zero attached hydrogens (tertiary/aromatic N) is 3. The number of carbonyl (C=O) groups is 1. The summed E-state index contributed by atoms with van der Waals surface area (Å²) in [6.07, 6.45) is 9.34. The van der Waals surface area contributed by atoms with Crippen LogP contribution in [0.4, 0.5) is 0 Å². The molecule has 0 fully saturated rings. The van der Waals surface area contributed by atoms with E-state index in [0.29, 0.717) is 19.6 Å². The average Bonchev–Trinajstić information content (AvgIpc) is 2.90. The Kier molecular flexibility index (Phi) is 4.62. The van der Waals surface area contributed by atoms with Gasteiger partial charge in [0.2, 0.25) is 5.91 Å². The van der Waals surface area contributed by atoms with Crippen molar-refractivity contribution >= 4 is 5.91 Å². The summed E-state index contributed by atoms with van der Waals surface area (Å²) < 4.78 is 7.41. The van der Waals surface area contributed by atoms with Crippen molar-refractivity contribution in [3.63, 3.8) is 0 Å². The van der Waals surface area contributed by atoms with Crippen molar-refractivity contribution in [2.45, 2.75) is 44.6 Å². The molecule has 1 aromatic rings. The number of ether oxygens (including phenoxy) is 1. The van der Waals surface area contributed by atoms with E-state index in [2.05, 4.69) is 15.6 Å². The fourth-order valence-corrected chi connectivity index (χ4v) is 3.63. The van der Waals surface area contributed by atoms with Gasteiger partial charge in [-0.05, 0) is 25.7 Å². The molecule has 0 N–H and O–H groups in total. The molecule has 0 unspecified atom stereocenters. The molecule has 0 radical (unpaired) electrons. The van der Waals surface area contributed by atoms with Crippen LogP contribution in [-0.2, 0) is 23.1 Å². The predicted molar refractivity (Wildman–Crippen MR) is 84.4 cm³/mol. The second-order valence-electron chi connectivity index (χ2n) is 6.40. The summed E-state index contributed by atoms with van der Waals surface area (Å²) in [6.45, 7) is 1.98. The van der Waals surface area contributed by atoms with Crippen LogP contribution in [-0.4, -0.2) is 40.6 Å². The van der Waals surface area contributed by atoms with E-state index < -0.39 is 0 Å². The molecule has 0 aromatic carbocycles. The number of imidazole rings is 1. The van der Waals surface area contributed by atoms with Gasteiger partial charge in [-0.3, -0.25) is 4.79 Å². The maximum Gasteiger partial charge on any atom is 0.227 e. The molecular formula is C17H25N3O2. The largest absolute Gasteiger partial charge is 0.384 e. The zero-order chi connectivity index (χ0) is 15.5. The Morgan fingerprint density at radius 3 is 3.05 bits per heavy atom. The summed E-state index contributed by atoms with van der Waals surface area (Å²) in [4.78, 5) is 19.1. The van der Waals surface area contributed by atoms with E-state index in [0.717, 1.165) is 25.1 Å². The molecule has 5 nitrogen and oxygen atoms in total. The van der Waals surface area contributed by atoms with Crippen molar-refractivity contribution in [3.8, 4) is 0 Å². The molecule has 1 aliphatic carbocycles. The molecule has 0 spiro atoms. The van der Waals surface area contributed by atoms with Crippen LogP contribution in [0.3, 0.4) is 0 Å². The minimum Gasteiger partial charge on any atom is -0.384 e. The average molecular weight is 303 g/mol. The number of allylic oxidation sites excluding steroid dienone is 1. The first-order valence-corrected chi connectivity index (χ1v) is 8.13. The highest BCUT2D eigenvalue weighted by Gasteiger charge is 2.31. The summed E-state index contributed by atoms with van der Waals surface area (Å²) in [6, 6.07) is 0. The molecule has 120 valence electrons. The maximum absolute atomic E-state index is 12.6. The van der Waals surface area contributed by atoms with Crippen LogP contribution in [0, 0.1) is 0 Å². The Morgan fingerprint density at radius 2 is 2.32 bits per heavy atom. The molecule has 1 aromatic heterocycles. The number of hydrogen-bond acceptors (Lipinski definition) is 3. The molecule has 0 saturated carbocycles. The second-order valence-corrected chi connectivity index (χ2v) is 6.40. The van der Waals surface area contributed by atoms with Gasteiger partial charge in [-0.1, -0.05) is 11.6 Å². The maximum atomic E-state index is 12.6. The third-order valence-corrected chi connectivity index (χ3v) is 4.71. The van der Waals surface area contributed by atoms with Crippen LogP contribution in [0.2, 0.25) is 0 Å². The highest BCUT2D eigenvalue weighted by Crippen LogP contribution is 2.29. The minimum atomic E-state index is 0.213. The molecule has 1 aliphatic heterocycles. The number of hydrogen-bond donors (Lipinski definition) is 0. The quantitative estimate of drug-likeness (QED) is 0.802. The molecule has 0 saturated heterocycles. The molecule has 1 atom stereocenters. The number of aromatic nitrogens is 2. The Balaban J connectivity index is 1.72. The van der Waals surface area contributed by atoms with E-state index >= 15 is 0 Å². The Morgan fingerprint density at radius 1 is 1.45 bits per heavy atom. The van der Waals surface area contributed by atoms with Crippen LogP contribution in [0.15, 0.2) is 18.0 Å². The van der Waals surface area contributed by atoms with Crippen LogP contribution < -0.4 is 0 Å². The summed E-state index contributed by atoms with van der Waals surface area (Å²) in [5, 5.41) is 0. The van der Waals surface area contributed by atoms with Crippen LogP contribution in [0.1, 0.15) is 49.4 Å². The number of aryl methyl sites for hydroxylation is 1. The number of amides is 1. The lowest BCUT2D eigenvalue weighted by Crippen LogP contribution is -2.40. The molecule has 22 heavy (non-hydrogen) atoms. The monoisotopic (exact) mass is 303 g/mol. The smallest absolute Gasteiger partial charge is 0.227 e. The van der Waals surface area contributed by atoms with Crippen molar-refractivity contribution in [2.75, 3.05) is 20.3 Å². The molecule has 2 aliphatic rings. The van der Waals surface area contributed by atoms with Crippen LogP contribution >= 0.6 is 0 Å². The molecule has 5 heteroatoms. The van der Waals surface area contributed by atoms with Gasteiger partial charge in [0.25, 0.3) is 0 Å². The zero-order valence-electron chi connectivity index (χ0n) is 13.5. The van der Waals surface area contributed by atoms with Gasteiger partial charge < -0.3 is 14.2 Å². The van der Waals surface area contributed by atoms with Crippen molar-refractivity contribution in [3.05, 3.63) is 29.4 Å². The second kappa shape index (κ2) is 6.65. The lowest BCUT2D eigenvalue weighted by molar-refractivity contribution is -0.132. The van der Waals surface area contributed by atoms with E-state index in [4.69, 9.17) is 4.74 Å². The lowest BCUT2D eigenvalue weighted by Gasteiger charge is -2.33. The third kappa shape index (κ3) is 3.09. The Hall–Kier alpha value is -1.62. The Bertz CT molecular complexity index is 576. The lowest BCUT2D eigenvalue weighted by atomic mass is 9.95. The van der Waals surface area contributed by atoms with Gasteiger partial charge in [0.05, 0.1) is 25.2 Å². The number of carbonyl (C=O) groups excluding carboxylic acids is 1. The number of rotatable bonds is 4. The zero-order valence-corrected chi connectivity index (χ0v) is 13.5. The molecule has 0 bridgehead atoms. The third-order valence-electron chi connectivity index (χ3n) is 4.71.